The maximum atomic E-state index is 11.1. The summed E-state index contributed by atoms with van der Waals surface area (Å²) in [5.74, 6) is 0.0202. The Hall–Kier alpha value is -0.610. The van der Waals surface area contributed by atoms with Crippen molar-refractivity contribution >= 4 is 5.97 Å². The Bertz CT molecular complexity index is 193. The van der Waals surface area contributed by atoms with Gasteiger partial charge in [-0.25, -0.2) is 0 Å². The second-order valence-corrected chi connectivity index (χ2v) is 4.09. The quantitative estimate of drug-likeness (QED) is 0.715. The van der Waals surface area contributed by atoms with Crippen LogP contribution in [0.4, 0.5) is 0 Å². The van der Waals surface area contributed by atoms with Crippen LogP contribution in [0.25, 0.3) is 0 Å². The number of hydrogen-bond donors (Lipinski definition) is 1. The third-order valence-electron chi connectivity index (χ3n) is 2.91. The molecule has 0 amide bonds. The first kappa shape index (κ1) is 12.5. The third-order valence-corrected chi connectivity index (χ3v) is 2.91. The zero-order chi connectivity index (χ0) is 11.3. The highest BCUT2D eigenvalue weighted by molar-refractivity contribution is 5.69. The van der Waals surface area contributed by atoms with Crippen molar-refractivity contribution < 1.29 is 19.4 Å². The summed E-state index contributed by atoms with van der Waals surface area (Å²) in [5.41, 5.74) is 0. The molecule has 0 aromatic heterocycles. The van der Waals surface area contributed by atoms with Gasteiger partial charge in [-0.05, 0) is 25.2 Å². The third kappa shape index (κ3) is 3.80. The van der Waals surface area contributed by atoms with Crippen LogP contribution in [0.2, 0.25) is 0 Å². The maximum Gasteiger partial charge on any atom is 0.308 e. The molecule has 1 fully saturated rings. The number of hydrogen-bond acceptors (Lipinski definition) is 4. The van der Waals surface area contributed by atoms with E-state index in [1.165, 1.54) is 7.11 Å². The minimum atomic E-state index is -0.242. The Morgan fingerprint density at radius 3 is 2.67 bits per heavy atom. The van der Waals surface area contributed by atoms with E-state index in [-0.39, 0.29) is 30.7 Å². The monoisotopic (exact) mass is 216 g/mol. The minimum Gasteiger partial charge on any atom is -0.469 e. The van der Waals surface area contributed by atoms with E-state index in [0.717, 1.165) is 19.3 Å². The standard InChI is InChI=1S/C11H20O4/c1-3-9-4-8(7-12)5-10(15-9)6-11(13)14-2/h8-10,12H,3-7H2,1-2H3/t8-,9+,10-/m0/s1. The first-order valence-electron chi connectivity index (χ1n) is 5.52. The average Bonchev–Trinajstić information content (AvgIpc) is 2.28. The molecular weight excluding hydrogens is 196 g/mol. The number of carbonyl (C=O) groups is 1. The van der Waals surface area contributed by atoms with Gasteiger partial charge in [-0.1, -0.05) is 6.92 Å². The smallest absolute Gasteiger partial charge is 0.308 e. The van der Waals surface area contributed by atoms with Gasteiger partial charge >= 0.3 is 5.97 Å². The first-order valence-corrected chi connectivity index (χ1v) is 5.52. The van der Waals surface area contributed by atoms with Crippen LogP contribution in [0, 0.1) is 5.92 Å². The molecule has 0 radical (unpaired) electrons. The lowest BCUT2D eigenvalue weighted by atomic mass is 9.90. The van der Waals surface area contributed by atoms with Gasteiger partial charge in [0.15, 0.2) is 0 Å². The van der Waals surface area contributed by atoms with E-state index in [1.807, 2.05) is 0 Å². The van der Waals surface area contributed by atoms with Crippen LogP contribution >= 0.6 is 0 Å². The molecule has 0 spiro atoms. The summed E-state index contributed by atoms with van der Waals surface area (Å²) in [6.07, 6.45) is 2.95. The topological polar surface area (TPSA) is 55.8 Å². The lowest BCUT2D eigenvalue weighted by Gasteiger charge is -2.33. The van der Waals surface area contributed by atoms with Crippen LogP contribution in [-0.4, -0.2) is 37.0 Å². The second-order valence-electron chi connectivity index (χ2n) is 4.09. The van der Waals surface area contributed by atoms with E-state index in [0.29, 0.717) is 6.42 Å². The predicted octanol–water partition coefficient (Wildman–Crippen LogP) is 1.12. The van der Waals surface area contributed by atoms with E-state index in [9.17, 15) is 4.79 Å². The Morgan fingerprint density at radius 1 is 1.47 bits per heavy atom. The summed E-state index contributed by atoms with van der Waals surface area (Å²) in [6.45, 7) is 2.23. The van der Waals surface area contributed by atoms with Crippen molar-refractivity contribution in [3.8, 4) is 0 Å². The lowest BCUT2D eigenvalue weighted by Crippen LogP contribution is -2.35. The van der Waals surface area contributed by atoms with Gasteiger partial charge in [-0.15, -0.1) is 0 Å². The zero-order valence-electron chi connectivity index (χ0n) is 9.44. The number of methoxy groups -OCH3 is 1. The molecule has 0 saturated carbocycles. The van der Waals surface area contributed by atoms with Gasteiger partial charge in [0.1, 0.15) is 0 Å². The van der Waals surface area contributed by atoms with E-state index < -0.39 is 0 Å². The van der Waals surface area contributed by atoms with Crippen LogP contribution in [0.15, 0.2) is 0 Å². The number of rotatable bonds is 4. The van der Waals surface area contributed by atoms with Gasteiger partial charge in [0.05, 0.1) is 25.7 Å². The SMILES string of the molecule is CC[C@@H]1C[C@H](CO)C[C@@H](CC(=O)OC)O1. The number of esters is 1. The number of carbonyl (C=O) groups excluding carboxylic acids is 1. The highest BCUT2D eigenvalue weighted by Gasteiger charge is 2.29. The summed E-state index contributed by atoms with van der Waals surface area (Å²) in [6, 6.07) is 0. The van der Waals surface area contributed by atoms with Gasteiger partial charge in [0.2, 0.25) is 0 Å². The molecule has 1 heterocycles. The minimum absolute atomic E-state index is 0.0895. The van der Waals surface area contributed by atoms with E-state index in [1.54, 1.807) is 0 Å². The molecule has 4 heteroatoms. The van der Waals surface area contributed by atoms with Crippen molar-refractivity contribution in [2.24, 2.45) is 5.92 Å². The summed E-state index contributed by atoms with van der Waals surface area (Å²) < 4.78 is 10.3. The molecule has 0 aliphatic carbocycles. The summed E-state index contributed by atoms with van der Waals surface area (Å²) >= 11 is 0. The lowest BCUT2D eigenvalue weighted by molar-refractivity contribution is -0.148. The van der Waals surface area contributed by atoms with Gasteiger partial charge in [-0.2, -0.15) is 0 Å². The molecule has 0 bridgehead atoms. The molecular formula is C11H20O4. The largest absolute Gasteiger partial charge is 0.469 e. The molecule has 1 aliphatic heterocycles. The fourth-order valence-corrected chi connectivity index (χ4v) is 2.04. The second kappa shape index (κ2) is 6.08. The fraction of sp³-hybridized carbons (Fsp3) is 0.909. The molecule has 0 unspecified atom stereocenters. The predicted molar refractivity (Wildman–Crippen MR) is 55.4 cm³/mol. The molecule has 15 heavy (non-hydrogen) atoms. The van der Waals surface area contributed by atoms with Crippen molar-refractivity contribution in [3.63, 3.8) is 0 Å². The first-order chi connectivity index (χ1) is 7.19. The summed E-state index contributed by atoms with van der Waals surface area (Å²) in [4.78, 5) is 11.1. The Labute approximate surface area is 90.6 Å². The van der Waals surface area contributed by atoms with Crippen LogP contribution in [0.1, 0.15) is 32.6 Å². The Kier molecular flexibility index (Phi) is 5.05. The van der Waals surface area contributed by atoms with Crippen molar-refractivity contribution in [1.29, 1.82) is 0 Å². The van der Waals surface area contributed by atoms with Gasteiger partial charge in [0, 0.05) is 6.61 Å². The highest BCUT2D eigenvalue weighted by atomic mass is 16.5. The van der Waals surface area contributed by atoms with Gasteiger partial charge in [-0.3, -0.25) is 4.79 Å². The van der Waals surface area contributed by atoms with Gasteiger partial charge in [0.25, 0.3) is 0 Å². The molecule has 1 rings (SSSR count). The molecule has 1 N–H and O–H groups in total. The number of aliphatic hydroxyl groups excluding tert-OH is 1. The molecule has 0 aromatic carbocycles. The van der Waals surface area contributed by atoms with Gasteiger partial charge < -0.3 is 14.6 Å². The fourth-order valence-electron chi connectivity index (χ4n) is 2.04. The molecule has 1 saturated heterocycles. The van der Waals surface area contributed by atoms with E-state index in [4.69, 9.17) is 9.84 Å². The molecule has 3 atom stereocenters. The van der Waals surface area contributed by atoms with E-state index in [2.05, 4.69) is 11.7 Å². The van der Waals surface area contributed by atoms with Crippen LogP contribution < -0.4 is 0 Å². The van der Waals surface area contributed by atoms with Crippen molar-refractivity contribution in [1.82, 2.24) is 0 Å². The van der Waals surface area contributed by atoms with Crippen molar-refractivity contribution in [2.45, 2.75) is 44.8 Å². The van der Waals surface area contributed by atoms with Crippen molar-refractivity contribution in [2.75, 3.05) is 13.7 Å². The number of aliphatic hydroxyl groups is 1. The zero-order valence-corrected chi connectivity index (χ0v) is 9.44. The molecule has 88 valence electrons. The molecule has 0 aromatic rings. The van der Waals surface area contributed by atoms with Crippen LogP contribution in [-0.2, 0) is 14.3 Å². The van der Waals surface area contributed by atoms with Crippen molar-refractivity contribution in [3.05, 3.63) is 0 Å². The Morgan fingerprint density at radius 2 is 2.13 bits per heavy atom. The van der Waals surface area contributed by atoms with Crippen LogP contribution in [0.3, 0.4) is 0 Å². The molecule has 1 aliphatic rings. The maximum absolute atomic E-state index is 11.1. The van der Waals surface area contributed by atoms with Crippen LogP contribution in [0.5, 0.6) is 0 Å². The molecule has 4 nitrogen and oxygen atoms in total. The Balaban J connectivity index is 2.46. The summed E-state index contributed by atoms with van der Waals surface area (Å²) in [7, 11) is 1.38. The average molecular weight is 216 g/mol. The number of ether oxygens (including phenoxy) is 2. The summed E-state index contributed by atoms with van der Waals surface area (Å²) in [5, 5.41) is 9.14. The van der Waals surface area contributed by atoms with E-state index >= 15 is 0 Å². The highest BCUT2D eigenvalue weighted by Crippen LogP contribution is 2.28. The normalized spacial score (nSPS) is 31.3.